The van der Waals surface area contributed by atoms with Gasteiger partial charge in [-0.25, -0.2) is 0 Å². The molecule has 0 heterocycles. The molecule has 0 bridgehead atoms. The summed E-state index contributed by atoms with van der Waals surface area (Å²) in [5.74, 6) is -0.798. The summed E-state index contributed by atoms with van der Waals surface area (Å²) < 4.78 is 0. The van der Waals surface area contributed by atoms with Gasteiger partial charge in [-0.1, -0.05) is 36.4 Å². The summed E-state index contributed by atoms with van der Waals surface area (Å²) in [7, 11) is 0. The Morgan fingerprint density at radius 1 is 1.21 bits per heavy atom. The van der Waals surface area contributed by atoms with Crippen molar-refractivity contribution in [3.05, 3.63) is 59.2 Å². The molecule has 3 heteroatoms. The second-order valence-electron chi connectivity index (χ2n) is 5.22. The Balaban J connectivity index is 2.15. The predicted octanol–water partition coefficient (Wildman–Crippen LogP) is 2.66. The highest BCUT2D eigenvalue weighted by Crippen LogP contribution is 2.24. The first-order valence-electron chi connectivity index (χ1n) is 6.15. The molecule has 0 radical (unpaired) electrons. The highest BCUT2D eigenvalue weighted by molar-refractivity contribution is 6.07. The number of ketones is 1. The summed E-state index contributed by atoms with van der Waals surface area (Å²) in [4.78, 5) is 22.6. The lowest BCUT2D eigenvalue weighted by atomic mass is 9.84. The molecule has 3 nitrogen and oxygen atoms in total. The Bertz CT molecular complexity index is 575. The van der Waals surface area contributed by atoms with E-state index in [0.29, 0.717) is 6.42 Å². The molecule has 19 heavy (non-hydrogen) atoms. The zero-order chi connectivity index (χ0) is 14.0. The lowest BCUT2D eigenvalue weighted by Gasteiger charge is -2.19. The minimum absolute atomic E-state index is 0.0509. The number of carboxylic acids is 1. The molecule has 0 aliphatic heterocycles. The van der Waals surface area contributed by atoms with Crippen molar-refractivity contribution in [1.29, 1.82) is 0 Å². The Kier molecular flexibility index (Phi) is 3.38. The third kappa shape index (κ3) is 2.65. The van der Waals surface area contributed by atoms with Crippen molar-refractivity contribution in [2.75, 3.05) is 0 Å². The van der Waals surface area contributed by atoms with E-state index in [1.807, 2.05) is 30.3 Å². The molecule has 0 spiro atoms. The Morgan fingerprint density at radius 2 is 1.84 bits per heavy atom. The van der Waals surface area contributed by atoms with E-state index < -0.39 is 11.4 Å². The third-order valence-corrected chi connectivity index (χ3v) is 3.47. The van der Waals surface area contributed by atoms with Crippen LogP contribution in [0.25, 0.3) is 0 Å². The van der Waals surface area contributed by atoms with E-state index in [4.69, 9.17) is 5.11 Å². The maximum absolute atomic E-state index is 11.5. The number of rotatable bonds is 4. The molecular formula is C16H16O3. The molecule has 1 aliphatic carbocycles. The Hall–Kier alpha value is -2.16. The second kappa shape index (κ2) is 4.84. The van der Waals surface area contributed by atoms with E-state index in [1.165, 1.54) is 0 Å². The van der Waals surface area contributed by atoms with Crippen molar-refractivity contribution >= 4 is 11.8 Å². The molecule has 0 saturated heterocycles. The van der Waals surface area contributed by atoms with Gasteiger partial charge >= 0.3 is 5.97 Å². The molecule has 0 amide bonds. The molecule has 0 aromatic heterocycles. The minimum Gasteiger partial charge on any atom is -0.481 e. The van der Waals surface area contributed by atoms with Gasteiger partial charge in [-0.2, -0.15) is 0 Å². The van der Waals surface area contributed by atoms with Crippen LogP contribution >= 0.6 is 0 Å². The summed E-state index contributed by atoms with van der Waals surface area (Å²) in [5.41, 5.74) is 1.63. The molecule has 1 aliphatic rings. The van der Waals surface area contributed by atoms with Crippen molar-refractivity contribution in [3.8, 4) is 0 Å². The van der Waals surface area contributed by atoms with Gasteiger partial charge in [0.1, 0.15) is 0 Å². The topological polar surface area (TPSA) is 54.4 Å². The maximum Gasteiger partial charge on any atom is 0.313 e. The molecule has 0 saturated carbocycles. The summed E-state index contributed by atoms with van der Waals surface area (Å²) in [6.45, 7) is 3.36. The van der Waals surface area contributed by atoms with Crippen LogP contribution in [0.3, 0.4) is 0 Å². The first-order valence-corrected chi connectivity index (χ1v) is 6.15. The van der Waals surface area contributed by atoms with Crippen LogP contribution in [-0.4, -0.2) is 16.9 Å². The fourth-order valence-electron chi connectivity index (χ4n) is 1.97. The van der Waals surface area contributed by atoms with Crippen molar-refractivity contribution < 1.29 is 14.7 Å². The summed E-state index contributed by atoms with van der Waals surface area (Å²) >= 11 is 0. The SMILES string of the molecule is CC(C)(C(=O)O)c1ccc(CC2=CC=CC2=O)cc1. The third-order valence-electron chi connectivity index (χ3n) is 3.47. The zero-order valence-electron chi connectivity index (χ0n) is 11.0. The van der Waals surface area contributed by atoms with E-state index >= 15 is 0 Å². The average molecular weight is 256 g/mol. The van der Waals surface area contributed by atoms with Crippen molar-refractivity contribution in [1.82, 2.24) is 0 Å². The predicted molar refractivity (Wildman–Crippen MR) is 73.0 cm³/mol. The van der Waals surface area contributed by atoms with Gasteiger partial charge in [0.15, 0.2) is 5.78 Å². The van der Waals surface area contributed by atoms with Crippen molar-refractivity contribution in [2.24, 2.45) is 0 Å². The van der Waals surface area contributed by atoms with Crippen LogP contribution in [0, 0.1) is 0 Å². The Labute approximate surface area is 112 Å². The van der Waals surface area contributed by atoms with Crippen LogP contribution in [0.2, 0.25) is 0 Å². The van der Waals surface area contributed by atoms with Crippen LogP contribution in [0.1, 0.15) is 25.0 Å². The van der Waals surface area contributed by atoms with Crippen molar-refractivity contribution in [2.45, 2.75) is 25.7 Å². The number of allylic oxidation sites excluding steroid dienone is 4. The van der Waals surface area contributed by atoms with Gasteiger partial charge in [-0.15, -0.1) is 0 Å². The molecule has 0 fully saturated rings. The van der Waals surface area contributed by atoms with Crippen LogP contribution in [-0.2, 0) is 21.4 Å². The molecule has 1 aromatic carbocycles. The normalized spacial score (nSPS) is 14.6. The summed E-state index contributed by atoms with van der Waals surface area (Å²) in [5, 5.41) is 9.17. The standard InChI is InChI=1S/C16H16O3/c1-16(2,15(18)19)13-8-6-11(7-9-13)10-12-4-3-5-14(12)17/h3-9H,10H2,1-2H3,(H,18,19). The number of carbonyl (C=O) groups is 2. The number of carbonyl (C=O) groups excluding carboxylic acids is 1. The number of benzene rings is 1. The highest BCUT2D eigenvalue weighted by atomic mass is 16.4. The monoisotopic (exact) mass is 256 g/mol. The smallest absolute Gasteiger partial charge is 0.313 e. The van der Waals surface area contributed by atoms with Crippen molar-refractivity contribution in [3.63, 3.8) is 0 Å². The molecule has 1 aromatic rings. The Morgan fingerprint density at radius 3 is 2.32 bits per heavy atom. The molecule has 98 valence electrons. The van der Waals surface area contributed by atoms with E-state index in [9.17, 15) is 9.59 Å². The summed E-state index contributed by atoms with van der Waals surface area (Å²) in [6.07, 6.45) is 5.70. The first kappa shape index (κ1) is 13.3. The molecule has 2 rings (SSSR count). The van der Waals surface area contributed by atoms with Gasteiger partial charge in [0, 0.05) is 12.0 Å². The van der Waals surface area contributed by atoms with Gasteiger partial charge in [0.05, 0.1) is 5.41 Å². The molecule has 1 N–H and O–H groups in total. The van der Waals surface area contributed by atoms with E-state index in [0.717, 1.165) is 16.7 Å². The minimum atomic E-state index is -0.900. The highest BCUT2D eigenvalue weighted by Gasteiger charge is 2.29. The fourth-order valence-corrected chi connectivity index (χ4v) is 1.97. The van der Waals surface area contributed by atoms with Crippen LogP contribution in [0.5, 0.6) is 0 Å². The fraction of sp³-hybridized carbons (Fsp3) is 0.250. The lowest BCUT2D eigenvalue weighted by Crippen LogP contribution is -2.28. The number of aliphatic carboxylic acids is 1. The number of hydrogen-bond acceptors (Lipinski definition) is 2. The van der Waals surface area contributed by atoms with E-state index in [2.05, 4.69) is 0 Å². The molecular weight excluding hydrogens is 240 g/mol. The first-order chi connectivity index (χ1) is 8.91. The average Bonchev–Trinajstić information content (AvgIpc) is 2.75. The van der Waals surface area contributed by atoms with Gasteiger partial charge < -0.3 is 5.11 Å². The number of hydrogen-bond donors (Lipinski definition) is 1. The van der Waals surface area contributed by atoms with E-state index in [1.54, 1.807) is 26.0 Å². The number of carboxylic acid groups (broad SMARTS) is 1. The quantitative estimate of drug-likeness (QED) is 0.901. The zero-order valence-corrected chi connectivity index (χ0v) is 11.0. The van der Waals surface area contributed by atoms with Crippen LogP contribution in [0.15, 0.2) is 48.1 Å². The van der Waals surface area contributed by atoms with Gasteiger partial charge in [-0.3, -0.25) is 9.59 Å². The maximum atomic E-state index is 11.5. The largest absolute Gasteiger partial charge is 0.481 e. The van der Waals surface area contributed by atoms with Crippen LogP contribution in [0.4, 0.5) is 0 Å². The summed E-state index contributed by atoms with van der Waals surface area (Å²) in [6, 6.07) is 7.40. The molecule has 0 atom stereocenters. The molecule has 0 unspecified atom stereocenters. The van der Waals surface area contributed by atoms with E-state index in [-0.39, 0.29) is 5.78 Å². The second-order valence-corrected chi connectivity index (χ2v) is 5.22. The van der Waals surface area contributed by atoms with Gasteiger partial charge in [0.25, 0.3) is 0 Å². The van der Waals surface area contributed by atoms with Gasteiger partial charge in [-0.05, 0) is 31.1 Å². The van der Waals surface area contributed by atoms with Crippen LogP contribution < -0.4 is 0 Å². The lowest BCUT2D eigenvalue weighted by molar-refractivity contribution is -0.142. The van der Waals surface area contributed by atoms with Gasteiger partial charge in [0.2, 0.25) is 0 Å².